The van der Waals surface area contributed by atoms with Crippen molar-refractivity contribution in [3.05, 3.63) is 29.8 Å². The van der Waals surface area contributed by atoms with Crippen molar-refractivity contribution in [2.45, 2.75) is 0 Å². The van der Waals surface area contributed by atoms with Gasteiger partial charge in [-0.25, -0.2) is 0 Å². The number of aromatic nitrogens is 2. The summed E-state index contributed by atoms with van der Waals surface area (Å²) >= 11 is 0. The number of rotatable bonds is 1. The van der Waals surface area contributed by atoms with Crippen LogP contribution in [0.25, 0.3) is 11.5 Å². The third kappa shape index (κ3) is 0.861. The van der Waals surface area contributed by atoms with Gasteiger partial charge >= 0.3 is 0 Å². The summed E-state index contributed by atoms with van der Waals surface area (Å²) < 4.78 is 9.18. The first-order chi connectivity index (χ1) is 5.38. The Morgan fingerprint density at radius 3 is 3.00 bits per heavy atom. The van der Waals surface area contributed by atoms with E-state index in [-0.39, 0.29) is 5.69 Å². The molecule has 0 aliphatic heterocycles. The molecule has 0 saturated carbocycles. The Hall–Kier alpha value is -1.78. The van der Waals surface area contributed by atoms with Crippen LogP contribution in [0.3, 0.4) is 0 Å². The van der Waals surface area contributed by atoms with Crippen LogP contribution in [0.2, 0.25) is 0 Å². The van der Waals surface area contributed by atoms with Gasteiger partial charge in [0.25, 0.3) is 5.69 Å². The summed E-state index contributed by atoms with van der Waals surface area (Å²) in [6.07, 6.45) is 2.77. The van der Waals surface area contributed by atoms with Crippen molar-refractivity contribution in [2.24, 2.45) is 0 Å². The zero-order chi connectivity index (χ0) is 7.68. The molecule has 0 bridgehead atoms. The summed E-state index contributed by atoms with van der Waals surface area (Å²) in [5.74, 6) is 0.446. The smallest absolute Gasteiger partial charge is 0.260 e. The molecule has 11 heavy (non-hydrogen) atoms. The van der Waals surface area contributed by atoms with E-state index in [9.17, 15) is 5.21 Å². The average molecular weight is 152 g/mol. The van der Waals surface area contributed by atoms with Crippen LogP contribution >= 0.6 is 0 Å². The molecule has 5 heteroatoms. The van der Waals surface area contributed by atoms with Gasteiger partial charge in [0.05, 0.1) is 6.26 Å². The van der Waals surface area contributed by atoms with E-state index in [4.69, 9.17) is 4.42 Å². The highest BCUT2D eigenvalue weighted by molar-refractivity contribution is 5.45. The van der Waals surface area contributed by atoms with Gasteiger partial charge in [-0.2, -0.15) is 0 Å². The van der Waals surface area contributed by atoms with Gasteiger partial charge in [0.1, 0.15) is 0 Å². The molecule has 0 unspecified atom stereocenters. The molecule has 2 heterocycles. The van der Waals surface area contributed by atoms with Crippen LogP contribution in [-0.4, -0.2) is 5.16 Å². The minimum Gasteiger partial charge on any atom is -0.460 e. The van der Waals surface area contributed by atoms with Crippen LogP contribution in [0.15, 0.2) is 33.6 Å². The van der Waals surface area contributed by atoms with Crippen molar-refractivity contribution in [1.29, 1.82) is 0 Å². The van der Waals surface area contributed by atoms with Crippen molar-refractivity contribution in [3.8, 4) is 11.5 Å². The first kappa shape index (κ1) is 5.96. The van der Waals surface area contributed by atoms with Gasteiger partial charge in [-0.3, -0.25) is 4.63 Å². The van der Waals surface area contributed by atoms with Crippen molar-refractivity contribution < 1.29 is 13.9 Å². The van der Waals surface area contributed by atoms with Crippen molar-refractivity contribution in [2.75, 3.05) is 0 Å². The fourth-order valence-electron chi connectivity index (χ4n) is 0.785. The second kappa shape index (κ2) is 2.12. The van der Waals surface area contributed by atoms with Gasteiger partial charge in [0.2, 0.25) is 6.20 Å². The summed E-state index contributed by atoms with van der Waals surface area (Å²) in [6, 6.07) is 3.34. The first-order valence-electron chi connectivity index (χ1n) is 2.96. The lowest BCUT2D eigenvalue weighted by Gasteiger charge is -1.87. The number of furan rings is 1. The third-order valence-electron chi connectivity index (χ3n) is 1.27. The largest absolute Gasteiger partial charge is 0.460 e. The molecule has 56 valence electrons. The summed E-state index contributed by atoms with van der Waals surface area (Å²) in [4.78, 5) is 0.291. The Morgan fingerprint density at radius 2 is 2.45 bits per heavy atom. The molecule has 0 amide bonds. The van der Waals surface area contributed by atoms with Crippen LogP contribution in [0.4, 0.5) is 0 Å². The molecule has 0 atom stereocenters. The molecule has 0 aromatic carbocycles. The fraction of sp³-hybridized carbons (Fsp3) is 0. The fourth-order valence-corrected chi connectivity index (χ4v) is 0.785. The van der Waals surface area contributed by atoms with E-state index >= 15 is 0 Å². The summed E-state index contributed by atoms with van der Waals surface area (Å²) in [5, 5.41) is 14.0. The quantitative estimate of drug-likeness (QED) is 0.560. The molecule has 0 spiro atoms. The van der Waals surface area contributed by atoms with Gasteiger partial charge < -0.3 is 9.62 Å². The SMILES string of the molecule is [O-][n+]1oncc1-c1ccco1. The maximum Gasteiger partial charge on any atom is 0.260 e. The molecule has 2 rings (SSSR count). The van der Waals surface area contributed by atoms with Gasteiger partial charge in [0.15, 0.2) is 5.76 Å². The Kier molecular flexibility index (Phi) is 1.15. The standard InChI is InChI=1S/C6H4N2O3/c9-8-5(4-7-11-8)6-2-1-3-10-6/h1-4H. The maximum atomic E-state index is 10.7. The van der Waals surface area contributed by atoms with Gasteiger partial charge in [-0.1, -0.05) is 0 Å². The molecule has 2 aromatic heterocycles. The predicted molar refractivity (Wildman–Crippen MR) is 33.2 cm³/mol. The van der Waals surface area contributed by atoms with Crippen LogP contribution in [0.1, 0.15) is 0 Å². The number of hydrogen-bond acceptors (Lipinski definition) is 4. The number of hydrogen-bond donors (Lipinski definition) is 0. The van der Waals surface area contributed by atoms with Gasteiger partial charge in [-0.05, 0) is 17.0 Å². The second-order valence-electron chi connectivity index (χ2n) is 1.94. The molecule has 0 N–H and O–H groups in total. The van der Waals surface area contributed by atoms with E-state index in [2.05, 4.69) is 9.79 Å². The topological polar surface area (TPSA) is 66.1 Å². The lowest BCUT2D eigenvalue weighted by molar-refractivity contribution is -0.793. The van der Waals surface area contributed by atoms with Crippen LogP contribution in [-0.2, 0) is 0 Å². The van der Waals surface area contributed by atoms with E-state index < -0.39 is 0 Å². The average Bonchev–Trinajstić information content (AvgIpc) is 2.55. The molecule has 2 aromatic rings. The van der Waals surface area contributed by atoms with Crippen LogP contribution < -0.4 is 4.90 Å². The third-order valence-corrected chi connectivity index (χ3v) is 1.27. The van der Waals surface area contributed by atoms with E-state index in [1.165, 1.54) is 12.5 Å². The van der Waals surface area contributed by atoms with Crippen molar-refractivity contribution in [3.63, 3.8) is 0 Å². The van der Waals surface area contributed by atoms with Crippen LogP contribution in [0, 0.1) is 5.21 Å². The highest BCUT2D eigenvalue weighted by Crippen LogP contribution is 2.13. The Balaban J connectivity index is 2.53. The van der Waals surface area contributed by atoms with Crippen molar-refractivity contribution >= 4 is 0 Å². The molecular formula is C6H4N2O3. The lowest BCUT2D eigenvalue weighted by Crippen LogP contribution is -2.24. The minimum atomic E-state index is 0.273. The Labute approximate surface area is 61.4 Å². The van der Waals surface area contributed by atoms with Crippen LogP contribution in [0.5, 0.6) is 0 Å². The molecule has 0 aliphatic carbocycles. The maximum absolute atomic E-state index is 10.7. The highest BCUT2D eigenvalue weighted by atomic mass is 16.8. The number of nitrogens with zero attached hydrogens (tertiary/aromatic N) is 2. The molecule has 0 fully saturated rings. The summed E-state index contributed by atoms with van der Waals surface area (Å²) in [7, 11) is 0. The zero-order valence-corrected chi connectivity index (χ0v) is 5.43. The highest BCUT2D eigenvalue weighted by Gasteiger charge is 2.11. The lowest BCUT2D eigenvalue weighted by atomic mass is 10.4. The monoisotopic (exact) mass is 152 g/mol. The van der Waals surface area contributed by atoms with Crippen molar-refractivity contribution in [1.82, 2.24) is 5.16 Å². The summed E-state index contributed by atoms with van der Waals surface area (Å²) in [5.41, 5.74) is 0.273. The second-order valence-corrected chi connectivity index (χ2v) is 1.94. The normalized spacial score (nSPS) is 10.2. The van der Waals surface area contributed by atoms with E-state index in [0.717, 1.165) is 0 Å². The van der Waals surface area contributed by atoms with E-state index in [1.54, 1.807) is 12.1 Å². The molecule has 0 saturated heterocycles. The van der Waals surface area contributed by atoms with Gasteiger partial charge in [-0.15, -0.1) is 0 Å². The molecule has 5 nitrogen and oxygen atoms in total. The van der Waals surface area contributed by atoms with E-state index in [1.807, 2.05) is 0 Å². The Morgan fingerprint density at radius 1 is 1.55 bits per heavy atom. The molecular weight excluding hydrogens is 148 g/mol. The Bertz CT molecular complexity index is 338. The van der Waals surface area contributed by atoms with Gasteiger partial charge in [0, 0.05) is 5.16 Å². The first-order valence-corrected chi connectivity index (χ1v) is 2.96. The minimum absolute atomic E-state index is 0.273. The van der Waals surface area contributed by atoms with E-state index in [0.29, 0.717) is 10.7 Å². The molecule has 0 aliphatic rings. The predicted octanol–water partition coefficient (Wildman–Crippen LogP) is 0.568. The summed E-state index contributed by atoms with van der Waals surface area (Å²) in [6.45, 7) is 0. The zero-order valence-electron chi connectivity index (χ0n) is 5.43. The molecule has 0 radical (unpaired) electrons.